The fourth-order valence-electron chi connectivity index (χ4n) is 6.83. The summed E-state index contributed by atoms with van der Waals surface area (Å²) in [6.45, 7) is 4.40. The van der Waals surface area contributed by atoms with E-state index in [2.05, 4.69) is 23.4 Å². The topological polar surface area (TPSA) is 87.9 Å². The van der Waals surface area contributed by atoms with Crippen LogP contribution in [0.4, 0.5) is 5.69 Å². The van der Waals surface area contributed by atoms with Crippen LogP contribution in [0.3, 0.4) is 0 Å². The minimum Gasteiger partial charge on any atom is -0.477 e. The molecule has 218 valence electrons. The molecule has 0 spiro atoms. The predicted octanol–water partition coefficient (Wildman–Crippen LogP) is 6.73. The number of imidazole rings is 1. The lowest BCUT2D eigenvalue weighted by molar-refractivity contribution is -0.124. The van der Waals surface area contributed by atoms with Crippen molar-refractivity contribution in [3.8, 4) is 27.6 Å². The molecule has 9 heteroatoms. The Balaban J connectivity index is 1.26. The zero-order valence-corrected chi connectivity index (χ0v) is 24.9. The number of amides is 1. The number of anilines is 1. The van der Waals surface area contributed by atoms with Crippen LogP contribution in [0.5, 0.6) is 5.75 Å². The van der Waals surface area contributed by atoms with Crippen molar-refractivity contribution in [1.82, 2.24) is 14.5 Å². The maximum Gasteiger partial charge on any atom is 0.348 e. The summed E-state index contributed by atoms with van der Waals surface area (Å²) in [6.07, 6.45) is 5.50. The average Bonchev–Trinajstić information content (AvgIpc) is 3.61. The Kier molecular flexibility index (Phi) is 7.02. The number of ether oxygens (including phenoxy) is 1. The minimum absolute atomic E-state index is 0.00606. The van der Waals surface area contributed by atoms with Gasteiger partial charge in [0.15, 0.2) is 6.73 Å². The zero-order valence-electron chi connectivity index (χ0n) is 24.1. The molecule has 1 saturated carbocycles. The molecule has 3 aliphatic rings. The van der Waals surface area contributed by atoms with Gasteiger partial charge in [0, 0.05) is 16.8 Å². The molecular formula is C33H36N4O4S. The Bertz CT molecular complexity index is 1660. The molecule has 2 aliphatic heterocycles. The number of carboxylic acids is 1. The highest BCUT2D eigenvalue weighted by atomic mass is 32.1. The molecule has 4 heterocycles. The van der Waals surface area contributed by atoms with Crippen LogP contribution in [0.15, 0.2) is 48.5 Å². The molecule has 0 radical (unpaired) electrons. The van der Waals surface area contributed by atoms with Crippen LogP contribution in [-0.4, -0.2) is 57.6 Å². The van der Waals surface area contributed by atoms with E-state index in [1.165, 1.54) is 11.3 Å². The summed E-state index contributed by atoms with van der Waals surface area (Å²) in [7, 11) is 2.10. The van der Waals surface area contributed by atoms with Crippen LogP contribution in [0.2, 0.25) is 0 Å². The van der Waals surface area contributed by atoms with Gasteiger partial charge in [-0.3, -0.25) is 9.36 Å². The number of rotatable bonds is 5. The van der Waals surface area contributed by atoms with Crippen molar-refractivity contribution in [3.05, 3.63) is 53.4 Å². The van der Waals surface area contributed by atoms with Crippen LogP contribution < -0.4 is 9.64 Å². The number of carboxylic acid groups (broad SMARTS) is 1. The summed E-state index contributed by atoms with van der Waals surface area (Å²) in [4.78, 5) is 36.9. The highest BCUT2D eigenvalue weighted by Crippen LogP contribution is 2.44. The first-order valence-electron chi connectivity index (χ1n) is 15.0. The molecule has 1 N–H and O–H groups in total. The van der Waals surface area contributed by atoms with E-state index in [1.807, 2.05) is 53.4 Å². The number of carbonyl (C=O) groups excluding carboxylic acids is 1. The molecule has 2 fully saturated rings. The highest BCUT2D eigenvalue weighted by Gasteiger charge is 2.37. The smallest absolute Gasteiger partial charge is 0.348 e. The molecule has 4 aromatic rings. The van der Waals surface area contributed by atoms with Gasteiger partial charge in [-0.05, 0) is 100 Å². The largest absolute Gasteiger partial charge is 0.477 e. The summed E-state index contributed by atoms with van der Waals surface area (Å²) in [5.74, 6) is 1.27. The Morgan fingerprint density at radius 3 is 2.55 bits per heavy atom. The fourth-order valence-corrected chi connectivity index (χ4v) is 7.82. The quantitative estimate of drug-likeness (QED) is 0.280. The Morgan fingerprint density at radius 2 is 1.79 bits per heavy atom. The second-order valence-corrected chi connectivity index (χ2v) is 13.2. The van der Waals surface area contributed by atoms with Gasteiger partial charge in [-0.25, -0.2) is 9.78 Å². The summed E-state index contributed by atoms with van der Waals surface area (Å²) in [5.41, 5.74) is 4.28. The van der Waals surface area contributed by atoms with Crippen LogP contribution in [0.25, 0.3) is 32.9 Å². The molecule has 7 rings (SSSR count). The number of hydrogen-bond acceptors (Lipinski definition) is 6. The van der Waals surface area contributed by atoms with E-state index < -0.39 is 5.97 Å². The highest BCUT2D eigenvalue weighted by molar-refractivity contribution is 7.18. The van der Waals surface area contributed by atoms with Gasteiger partial charge in [-0.2, -0.15) is 0 Å². The first kappa shape index (κ1) is 27.2. The van der Waals surface area contributed by atoms with Crippen LogP contribution in [0, 0.1) is 11.8 Å². The molecule has 42 heavy (non-hydrogen) atoms. The van der Waals surface area contributed by atoms with Crippen molar-refractivity contribution in [1.29, 1.82) is 0 Å². The van der Waals surface area contributed by atoms with Crippen molar-refractivity contribution in [2.24, 2.45) is 11.8 Å². The third-order valence-electron chi connectivity index (χ3n) is 9.33. The summed E-state index contributed by atoms with van der Waals surface area (Å²) in [6, 6.07) is 15.9. The molecule has 8 nitrogen and oxygen atoms in total. The number of aromatic carboxylic acids is 1. The number of piperidine rings is 1. The van der Waals surface area contributed by atoms with Gasteiger partial charge in [0.2, 0.25) is 5.91 Å². The van der Waals surface area contributed by atoms with Gasteiger partial charge in [-0.15, -0.1) is 11.3 Å². The SMILES string of the molecule is CC1CCC(C(=O)N(c2cc(-c3ccc4c(c3)OCn3c-4nc4ccccc43)sc2C(=O)O)C2CCN(C)CC2)CC1. The third-order valence-corrected chi connectivity index (χ3v) is 10.5. The molecule has 0 atom stereocenters. The number of benzene rings is 2. The zero-order chi connectivity index (χ0) is 29.0. The van der Waals surface area contributed by atoms with E-state index in [1.54, 1.807) is 0 Å². The van der Waals surface area contributed by atoms with Gasteiger partial charge in [0.25, 0.3) is 0 Å². The fraction of sp³-hybridized carbons (Fsp3) is 0.424. The molecule has 1 aliphatic carbocycles. The normalized spacial score (nSPS) is 21.0. The van der Waals surface area contributed by atoms with E-state index in [0.29, 0.717) is 18.3 Å². The Labute approximate surface area is 249 Å². The average molecular weight is 585 g/mol. The summed E-state index contributed by atoms with van der Waals surface area (Å²) in [5, 5.41) is 10.3. The number of aromatic nitrogens is 2. The van der Waals surface area contributed by atoms with E-state index in [4.69, 9.17) is 9.72 Å². The molecule has 2 aromatic carbocycles. The number of fused-ring (bicyclic) bond motifs is 5. The van der Waals surface area contributed by atoms with E-state index in [-0.39, 0.29) is 22.7 Å². The number of para-hydroxylation sites is 2. The Morgan fingerprint density at radius 1 is 1.02 bits per heavy atom. The van der Waals surface area contributed by atoms with Gasteiger partial charge in [0.1, 0.15) is 16.5 Å². The second-order valence-electron chi connectivity index (χ2n) is 12.2. The number of hydrogen-bond donors (Lipinski definition) is 1. The lowest BCUT2D eigenvalue weighted by Crippen LogP contribution is -2.49. The lowest BCUT2D eigenvalue weighted by Gasteiger charge is -2.39. The third kappa shape index (κ3) is 4.78. The summed E-state index contributed by atoms with van der Waals surface area (Å²) >= 11 is 1.24. The number of nitrogens with zero attached hydrogens (tertiary/aromatic N) is 4. The van der Waals surface area contributed by atoms with Crippen molar-refractivity contribution < 1.29 is 19.4 Å². The molecular weight excluding hydrogens is 548 g/mol. The van der Waals surface area contributed by atoms with Crippen molar-refractivity contribution in [2.75, 3.05) is 25.0 Å². The first-order chi connectivity index (χ1) is 20.4. The minimum atomic E-state index is -0.993. The maximum atomic E-state index is 14.2. The van der Waals surface area contributed by atoms with Crippen LogP contribution >= 0.6 is 11.3 Å². The summed E-state index contributed by atoms with van der Waals surface area (Å²) < 4.78 is 8.25. The van der Waals surface area contributed by atoms with Gasteiger partial charge in [-0.1, -0.05) is 25.1 Å². The lowest BCUT2D eigenvalue weighted by atomic mass is 9.82. The van der Waals surface area contributed by atoms with Crippen molar-refractivity contribution in [3.63, 3.8) is 0 Å². The molecule has 0 bridgehead atoms. The second kappa shape index (κ2) is 10.9. The number of thiophene rings is 1. The molecule has 1 saturated heterocycles. The monoisotopic (exact) mass is 584 g/mol. The van der Waals surface area contributed by atoms with Crippen LogP contribution in [-0.2, 0) is 11.5 Å². The Hall–Kier alpha value is -3.69. The van der Waals surface area contributed by atoms with E-state index in [0.717, 1.165) is 90.2 Å². The maximum absolute atomic E-state index is 14.2. The number of likely N-dealkylation sites (tertiary alicyclic amines) is 1. The van der Waals surface area contributed by atoms with Crippen molar-refractivity contribution >= 4 is 39.9 Å². The van der Waals surface area contributed by atoms with Gasteiger partial charge < -0.3 is 19.6 Å². The standard InChI is InChI=1S/C33H36N4O4S/c1-20-7-9-21(10-8-20)32(38)37(23-13-15-35(2)16-14-23)27-18-29(42-30(27)33(39)40)22-11-12-24-28(17-22)41-19-36-26-6-4-3-5-25(26)34-31(24)36/h3-6,11-12,17-18,20-21,23H,7-10,13-16,19H2,1-2H3,(H,39,40). The molecule has 2 aromatic heterocycles. The van der Waals surface area contributed by atoms with Crippen LogP contribution in [0.1, 0.15) is 55.1 Å². The first-order valence-corrected chi connectivity index (χ1v) is 15.8. The van der Waals surface area contributed by atoms with Crippen molar-refractivity contribution in [2.45, 2.75) is 58.2 Å². The van der Waals surface area contributed by atoms with E-state index in [9.17, 15) is 14.7 Å². The van der Waals surface area contributed by atoms with Gasteiger partial charge in [0.05, 0.1) is 22.3 Å². The molecule has 1 amide bonds. The molecule has 0 unspecified atom stereocenters. The van der Waals surface area contributed by atoms with E-state index >= 15 is 0 Å². The van der Waals surface area contributed by atoms with Gasteiger partial charge >= 0.3 is 5.97 Å². The number of carbonyl (C=O) groups is 2. The predicted molar refractivity (Wildman–Crippen MR) is 165 cm³/mol.